The van der Waals surface area contributed by atoms with Crippen molar-refractivity contribution >= 4 is 86.2 Å². The summed E-state index contributed by atoms with van der Waals surface area (Å²) in [5.41, 5.74) is 18.8. The van der Waals surface area contributed by atoms with Gasteiger partial charge in [-0.1, -0.05) is 255 Å². The molecule has 0 spiro atoms. The molecule has 17 aromatic rings. The van der Waals surface area contributed by atoms with Crippen LogP contribution in [0.3, 0.4) is 0 Å². The molecule has 17 aromatic carbocycles. The molecular weight excluding hydrogens is 1060 g/mol. The number of hydrogen-bond acceptors (Lipinski definition) is 2. The Hall–Kier alpha value is -11.6. The molecule has 2 aliphatic heterocycles. The van der Waals surface area contributed by atoms with Crippen LogP contribution in [0.2, 0.25) is 0 Å². The predicted molar refractivity (Wildman–Crippen MR) is 370 cm³/mol. The summed E-state index contributed by atoms with van der Waals surface area (Å²) in [7, 11) is 0. The van der Waals surface area contributed by atoms with Gasteiger partial charge < -0.3 is 9.47 Å². The molecule has 0 aromatic heterocycles. The summed E-state index contributed by atoms with van der Waals surface area (Å²) in [5, 5.41) is 19.0. The van der Waals surface area contributed by atoms with E-state index in [1.165, 1.54) is 137 Å². The lowest BCUT2D eigenvalue weighted by Crippen LogP contribution is -1.98. The third-order valence-electron chi connectivity index (χ3n) is 19.0. The van der Waals surface area contributed by atoms with Gasteiger partial charge in [0.25, 0.3) is 0 Å². The highest BCUT2D eigenvalue weighted by Gasteiger charge is 2.28. The van der Waals surface area contributed by atoms with E-state index in [9.17, 15) is 0 Å². The molecule has 2 heteroatoms. The summed E-state index contributed by atoms with van der Waals surface area (Å²) in [5.74, 6) is 3.52. The van der Waals surface area contributed by atoms with Gasteiger partial charge in [0.05, 0.1) is 0 Å². The Morgan fingerprint density at radius 1 is 0.159 bits per heavy atom. The highest BCUT2D eigenvalue weighted by Crippen LogP contribution is 2.55. The van der Waals surface area contributed by atoms with Gasteiger partial charge in [-0.2, -0.15) is 0 Å². The lowest BCUT2D eigenvalue weighted by Gasteiger charge is -2.24. The standard InChI is InChI=1S/C86H50O2/c1-3-19-53-47-57(37-35-51(53)17-1)59-21-5-6-24-62(59)82-65-27-9-10-28-66(65)84(72-46-44-70-61-23-12-14-32-78(61)88-80-34-16-30-68(72)86(70)80)76-50-56(40-42-74(76)82)55-39-41-73-75(49-55)81(58-38-36-52-18-2-4-20-54(52)48-58)63-25-7-8-26-64(63)83(73)71-45-43-69-60-22-11-13-31-77(60)87-79-33-15-29-67(71)85(69)79/h1-50H. The van der Waals surface area contributed by atoms with Gasteiger partial charge in [0.15, 0.2) is 0 Å². The number of ether oxygens (including phenoxy) is 2. The van der Waals surface area contributed by atoms with Crippen LogP contribution in [-0.2, 0) is 0 Å². The maximum atomic E-state index is 6.76. The van der Waals surface area contributed by atoms with Crippen molar-refractivity contribution < 1.29 is 9.47 Å². The van der Waals surface area contributed by atoms with Crippen LogP contribution in [0.15, 0.2) is 303 Å². The number of hydrogen-bond donors (Lipinski definition) is 0. The van der Waals surface area contributed by atoms with E-state index < -0.39 is 0 Å². The van der Waals surface area contributed by atoms with Crippen LogP contribution in [0.4, 0.5) is 0 Å². The zero-order valence-electron chi connectivity index (χ0n) is 47.7. The second kappa shape index (κ2) is 19.0. The van der Waals surface area contributed by atoms with Crippen molar-refractivity contribution in [3.05, 3.63) is 303 Å². The first-order chi connectivity index (χ1) is 43.6. The van der Waals surface area contributed by atoms with Crippen molar-refractivity contribution in [2.75, 3.05) is 0 Å². The summed E-state index contributed by atoms with van der Waals surface area (Å²) in [6.07, 6.45) is 0. The quantitative estimate of drug-likeness (QED) is 0.155. The Morgan fingerprint density at radius 3 is 1.06 bits per heavy atom. The van der Waals surface area contributed by atoms with Gasteiger partial charge in [0.2, 0.25) is 0 Å². The van der Waals surface area contributed by atoms with Gasteiger partial charge in [-0.25, -0.2) is 0 Å². The van der Waals surface area contributed by atoms with Crippen LogP contribution in [-0.4, -0.2) is 0 Å². The molecule has 0 atom stereocenters. The van der Waals surface area contributed by atoms with Crippen LogP contribution >= 0.6 is 0 Å². The second-order valence-corrected chi connectivity index (χ2v) is 23.7. The van der Waals surface area contributed by atoms with E-state index in [-0.39, 0.29) is 0 Å². The van der Waals surface area contributed by atoms with Crippen molar-refractivity contribution in [3.63, 3.8) is 0 Å². The van der Waals surface area contributed by atoms with Gasteiger partial charge >= 0.3 is 0 Å². The van der Waals surface area contributed by atoms with Gasteiger partial charge in [-0.15, -0.1) is 0 Å². The minimum Gasteiger partial charge on any atom is -0.456 e. The largest absolute Gasteiger partial charge is 0.456 e. The van der Waals surface area contributed by atoms with Gasteiger partial charge in [0, 0.05) is 21.9 Å². The molecule has 406 valence electrons. The highest BCUT2D eigenvalue weighted by atomic mass is 16.5. The Morgan fingerprint density at radius 2 is 0.511 bits per heavy atom. The molecule has 0 aliphatic carbocycles. The monoisotopic (exact) mass is 1110 g/mol. The van der Waals surface area contributed by atoms with Gasteiger partial charge in [-0.05, 0) is 202 Å². The van der Waals surface area contributed by atoms with E-state index in [1.807, 2.05) is 0 Å². The van der Waals surface area contributed by atoms with E-state index in [1.54, 1.807) is 0 Å². The van der Waals surface area contributed by atoms with Crippen molar-refractivity contribution in [2.24, 2.45) is 0 Å². The molecule has 0 radical (unpaired) electrons. The first kappa shape index (κ1) is 48.8. The van der Waals surface area contributed by atoms with Gasteiger partial charge in [-0.3, -0.25) is 0 Å². The Kier molecular flexibility index (Phi) is 10.5. The zero-order chi connectivity index (χ0) is 57.6. The topological polar surface area (TPSA) is 18.5 Å². The minimum absolute atomic E-state index is 0.875. The summed E-state index contributed by atoms with van der Waals surface area (Å²) in [4.78, 5) is 0. The number of fused-ring (bicyclic) bond motifs is 10. The Labute approximate surface area is 508 Å². The molecule has 0 saturated carbocycles. The second-order valence-electron chi connectivity index (χ2n) is 23.7. The Balaban J connectivity index is 0.902. The normalized spacial score (nSPS) is 12.3. The Bertz CT molecular complexity index is 5890. The molecule has 0 saturated heterocycles. The molecule has 0 amide bonds. The molecule has 2 heterocycles. The first-order valence-electron chi connectivity index (χ1n) is 30.4. The zero-order valence-corrected chi connectivity index (χ0v) is 47.7. The molecule has 0 bridgehead atoms. The van der Waals surface area contributed by atoms with Crippen molar-refractivity contribution in [1.29, 1.82) is 0 Å². The molecule has 88 heavy (non-hydrogen) atoms. The predicted octanol–water partition coefficient (Wildman–Crippen LogP) is 24.5. The summed E-state index contributed by atoms with van der Waals surface area (Å²) >= 11 is 0. The third-order valence-corrected chi connectivity index (χ3v) is 19.0. The minimum atomic E-state index is 0.875. The lowest BCUT2D eigenvalue weighted by molar-refractivity contribution is 0.487. The van der Waals surface area contributed by atoms with E-state index in [2.05, 4.69) is 303 Å². The molecule has 0 unspecified atom stereocenters. The summed E-state index contributed by atoms with van der Waals surface area (Å²) in [6.45, 7) is 0. The third kappa shape index (κ3) is 7.24. The SMILES string of the molecule is c1ccc2c(c1)Oc1cccc3c(-c4c5ccccc5c(-c5ccc6ccccc6c5)c5cc(-c6ccc7c(-c8ccccc8-c8ccc9ccccc9c8)c8ccccc8c(-c8ccc9c%10c(cccc8%10)Oc8ccccc8-9)c7c6)ccc45)ccc-2c13. The molecule has 0 fully saturated rings. The number of para-hydroxylation sites is 2. The molecule has 19 rings (SSSR count). The number of rotatable bonds is 6. The summed E-state index contributed by atoms with van der Waals surface area (Å²) < 4.78 is 13.5. The maximum Gasteiger partial charge on any atom is 0.135 e. The average molecular weight is 1120 g/mol. The van der Waals surface area contributed by atoms with E-state index in [0.29, 0.717) is 0 Å². The van der Waals surface area contributed by atoms with E-state index in [0.717, 1.165) is 61.4 Å². The van der Waals surface area contributed by atoms with Crippen molar-refractivity contribution in [1.82, 2.24) is 0 Å². The fraction of sp³-hybridized carbons (Fsp3) is 0. The van der Waals surface area contributed by atoms with Crippen molar-refractivity contribution in [2.45, 2.75) is 0 Å². The van der Waals surface area contributed by atoms with Crippen LogP contribution in [0, 0.1) is 0 Å². The van der Waals surface area contributed by atoms with Crippen LogP contribution in [0.5, 0.6) is 23.0 Å². The smallest absolute Gasteiger partial charge is 0.135 e. The van der Waals surface area contributed by atoms with Crippen molar-refractivity contribution in [3.8, 4) is 112 Å². The first-order valence-corrected chi connectivity index (χ1v) is 30.4. The fourth-order valence-electron chi connectivity index (χ4n) is 15.1. The molecular formula is C86H50O2. The van der Waals surface area contributed by atoms with Crippen LogP contribution < -0.4 is 9.47 Å². The van der Waals surface area contributed by atoms with E-state index in [4.69, 9.17) is 9.47 Å². The van der Waals surface area contributed by atoms with Crippen LogP contribution in [0.1, 0.15) is 0 Å². The van der Waals surface area contributed by atoms with Gasteiger partial charge in [0.1, 0.15) is 23.0 Å². The number of benzene rings is 17. The fourth-order valence-corrected chi connectivity index (χ4v) is 15.1. The molecule has 2 aliphatic rings. The van der Waals surface area contributed by atoms with Crippen LogP contribution in [0.25, 0.3) is 175 Å². The average Bonchev–Trinajstić information content (AvgIpc) is 1.07. The maximum absolute atomic E-state index is 6.76. The molecule has 2 nitrogen and oxygen atoms in total. The lowest BCUT2D eigenvalue weighted by atomic mass is 9.80. The molecule has 0 N–H and O–H groups in total. The summed E-state index contributed by atoms with van der Waals surface area (Å²) in [6, 6.07) is 112. The highest BCUT2D eigenvalue weighted by molar-refractivity contribution is 6.28. The van der Waals surface area contributed by atoms with E-state index >= 15 is 0 Å².